The Kier molecular flexibility index (Phi) is 7.75. The second kappa shape index (κ2) is 10.3. The number of nitrogens with zero attached hydrogens (tertiary/aromatic N) is 3. The van der Waals surface area contributed by atoms with E-state index >= 15 is 0 Å². The van der Waals surface area contributed by atoms with Gasteiger partial charge >= 0.3 is 6.09 Å². The van der Waals surface area contributed by atoms with Crippen molar-refractivity contribution in [2.24, 2.45) is 0 Å². The zero-order valence-electron chi connectivity index (χ0n) is 19.0. The summed E-state index contributed by atoms with van der Waals surface area (Å²) in [5.41, 5.74) is 4.32. The van der Waals surface area contributed by atoms with E-state index in [2.05, 4.69) is 11.1 Å². The summed E-state index contributed by atoms with van der Waals surface area (Å²) >= 11 is 1.53. The van der Waals surface area contributed by atoms with E-state index in [1.165, 1.54) is 16.9 Å². The quantitative estimate of drug-likeness (QED) is 0.659. The van der Waals surface area contributed by atoms with E-state index < -0.39 is 5.60 Å². The SMILES string of the molecule is CCC1=C(C=C2CCCN(C(=O)OC(C)(C)C)CCC2)N(Cc2cscn2)C(=O)CO1. The van der Waals surface area contributed by atoms with Crippen molar-refractivity contribution in [1.82, 2.24) is 14.8 Å². The molecule has 3 heterocycles. The molecule has 8 heteroatoms. The predicted molar refractivity (Wildman–Crippen MR) is 120 cm³/mol. The Morgan fingerprint density at radius 3 is 2.58 bits per heavy atom. The number of hydrogen-bond donors (Lipinski definition) is 0. The first-order chi connectivity index (χ1) is 14.8. The van der Waals surface area contributed by atoms with E-state index in [0.29, 0.717) is 19.6 Å². The van der Waals surface area contributed by atoms with Crippen molar-refractivity contribution in [1.29, 1.82) is 0 Å². The number of amides is 2. The molecule has 2 amide bonds. The Labute approximate surface area is 188 Å². The summed E-state index contributed by atoms with van der Waals surface area (Å²) in [4.78, 5) is 33.0. The van der Waals surface area contributed by atoms with Crippen molar-refractivity contribution >= 4 is 23.3 Å². The molecule has 0 radical (unpaired) electrons. The highest BCUT2D eigenvalue weighted by atomic mass is 32.1. The van der Waals surface area contributed by atoms with Crippen LogP contribution in [0.4, 0.5) is 4.79 Å². The summed E-state index contributed by atoms with van der Waals surface area (Å²) in [5, 5.41) is 1.97. The minimum absolute atomic E-state index is 0.0426. The first kappa shape index (κ1) is 23.3. The lowest BCUT2D eigenvalue weighted by Gasteiger charge is -2.31. The fraction of sp³-hybridized carbons (Fsp3) is 0.609. The van der Waals surface area contributed by atoms with E-state index in [0.717, 1.165) is 49.3 Å². The molecular formula is C23H33N3O4S. The minimum atomic E-state index is -0.484. The Morgan fingerprint density at radius 2 is 2.00 bits per heavy atom. The van der Waals surface area contributed by atoms with Gasteiger partial charge in [-0.05, 0) is 52.5 Å². The van der Waals surface area contributed by atoms with Crippen LogP contribution in [0, 0.1) is 0 Å². The smallest absolute Gasteiger partial charge is 0.410 e. The Morgan fingerprint density at radius 1 is 1.29 bits per heavy atom. The molecule has 0 bridgehead atoms. The molecule has 1 fully saturated rings. The average molecular weight is 448 g/mol. The van der Waals surface area contributed by atoms with E-state index in [4.69, 9.17) is 9.47 Å². The van der Waals surface area contributed by atoms with Crippen LogP contribution >= 0.6 is 11.3 Å². The van der Waals surface area contributed by atoms with Crippen LogP contribution in [0.15, 0.2) is 34.0 Å². The number of hydrogen-bond acceptors (Lipinski definition) is 6. The third-order valence-electron chi connectivity index (χ3n) is 5.22. The minimum Gasteiger partial charge on any atom is -0.486 e. The van der Waals surface area contributed by atoms with Crippen LogP contribution in [0.25, 0.3) is 0 Å². The number of allylic oxidation sites excluding steroid dienone is 3. The molecular weight excluding hydrogens is 414 g/mol. The molecule has 0 saturated carbocycles. The molecule has 170 valence electrons. The fourth-order valence-corrected chi connectivity index (χ4v) is 4.31. The van der Waals surface area contributed by atoms with Crippen LogP contribution in [0.1, 0.15) is 65.5 Å². The van der Waals surface area contributed by atoms with Gasteiger partial charge in [-0.2, -0.15) is 0 Å². The van der Waals surface area contributed by atoms with Gasteiger partial charge in [0.05, 0.1) is 23.4 Å². The molecule has 2 aliphatic heterocycles. The van der Waals surface area contributed by atoms with Crippen molar-refractivity contribution in [3.63, 3.8) is 0 Å². The molecule has 0 aliphatic carbocycles. The third kappa shape index (κ3) is 6.56. The number of rotatable bonds is 4. The van der Waals surface area contributed by atoms with Crippen molar-refractivity contribution < 1.29 is 19.1 Å². The van der Waals surface area contributed by atoms with Crippen LogP contribution in [-0.4, -0.2) is 52.1 Å². The van der Waals surface area contributed by atoms with Crippen LogP contribution < -0.4 is 0 Å². The van der Waals surface area contributed by atoms with Gasteiger partial charge < -0.3 is 19.3 Å². The normalized spacial score (nSPS) is 18.5. The monoisotopic (exact) mass is 447 g/mol. The van der Waals surface area contributed by atoms with Gasteiger partial charge in [-0.25, -0.2) is 9.78 Å². The van der Waals surface area contributed by atoms with Crippen molar-refractivity contribution in [2.75, 3.05) is 19.7 Å². The maximum atomic E-state index is 12.6. The van der Waals surface area contributed by atoms with E-state index in [1.54, 1.807) is 15.3 Å². The maximum Gasteiger partial charge on any atom is 0.410 e. The molecule has 2 aliphatic rings. The van der Waals surface area contributed by atoms with Crippen molar-refractivity contribution in [3.8, 4) is 0 Å². The third-order valence-corrected chi connectivity index (χ3v) is 5.85. The second-order valence-electron chi connectivity index (χ2n) is 8.89. The highest BCUT2D eigenvalue weighted by Crippen LogP contribution is 2.28. The molecule has 0 atom stereocenters. The summed E-state index contributed by atoms with van der Waals surface area (Å²) in [6.07, 6.45) is 6.09. The standard InChI is InChI=1S/C23H33N3O4S/c1-5-20-19(26(21(27)14-29-20)13-18-15-31-16-24-18)12-17-8-6-10-25(11-7-9-17)22(28)30-23(2,3)4/h12,15-16H,5-11,13-14H2,1-4H3. The second-order valence-corrected chi connectivity index (χ2v) is 9.61. The maximum absolute atomic E-state index is 12.6. The van der Waals surface area contributed by atoms with Gasteiger partial charge in [0.25, 0.3) is 5.91 Å². The Hall–Kier alpha value is -2.35. The number of carbonyl (C=O) groups excluding carboxylic acids is 2. The van der Waals surface area contributed by atoms with Crippen molar-refractivity contribution in [2.45, 2.75) is 71.9 Å². The van der Waals surface area contributed by atoms with Crippen LogP contribution in [0.5, 0.6) is 0 Å². The summed E-state index contributed by atoms with van der Waals surface area (Å²) in [6, 6.07) is 0. The molecule has 7 nitrogen and oxygen atoms in total. The Bertz CT molecular complexity index is 828. The zero-order chi connectivity index (χ0) is 22.4. The van der Waals surface area contributed by atoms with Gasteiger partial charge in [0.2, 0.25) is 0 Å². The predicted octanol–water partition coefficient (Wildman–Crippen LogP) is 4.86. The number of thiazole rings is 1. The van der Waals surface area contributed by atoms with Crippen LogP contribution in [-0.2, 0) is 20.8 Å². The van der Waals surface area contributed by atoms with Crippen LogP contribution in [0.3, 0.4) is 0 Å². The van der Waals surface area contributed by atoms with E-state index in [9.17, 15) is 9.59 Å². The molecule has 0 spiro atoms. The summed E-state index contributed by atoms with van der Waals surface area (Å²) in [7, 11) is 0. The Balaban J connectivity index is 1.72. The topological polar surface area (TPSA) is 72.0 Å². The molecule has 0 unspecified atom stereocenters. The molecule has 1 aromatic rings. The molecule has 31 heavy (non-hydrogen) atoms. The molecule has 1 aromatic heterocycles. The largest absolute Gasteiger partial charge is 0.486 e. The van der Waals surface area contributed by atoms with Gasteiger partial charge in [-0.15, -0.1) is 11.3 Å². The molecule has 0 N–H and O–H groups in total. The van der Waals surface area contributed by atoms with E-state index in [1.807, 2.05) is 33.1 Å². The summed E-state index contributed by atoms with van der Waals surface area (Å²) in [6.45, 7) is 9.58. The average Bonchev–Trinajstić information content (AvgIpc) is 3.18. The number of aromatic nitrogens is 1. The van der Waals surface area contributed by atoms with Gasteiger partial charge in [-0.3, -0.25) is 4.79 Å². The highest BCUT2D eigenvalue weighted by molar-refractivity contribution is 7.07. The first-order valence-electron chi connectivity index (χ1n) is 11.0. The first-order valence-corrected chi connectivity index (χ1v) is 11.9. The van der Waals surface area contributed by atoms with Gasteiger partial charge in [0.15, 0.2) is 6.61 Å². The fourth-order valence-electron chi connectivity index (χ4n) is 3.76. The lowest BCUT2D eigenvalue weighted by Crippen LogP contribution is -2.39. The highest BCUT2D eigenvalue weighted by Gasteiger charge is 2.28. The van der Waals surface area contributed by atoms with Gasteiger partial charge in [0.1, 0.15) is 11.4 Å². The summed E-state index contributed by atoms with van der Waals surface area (Å²) < 4.78 is 11.3. The lowest BCUT2D eigenvalue weighted by atomic mass is 9.99. The summed E-state index contributed by atoms with van der Waals surface area (Å²) in [5.74, 6) is 0.804. The number of ether oxygens (including phenoxy) is 2. The molecule has 0 aromatic carbocycles. The lowest BCUT2D eigenvalue weighted by molar-refractivity contribution is -0.135. The van der Waals surface area contributed by atoms with Gasteiger partial charge in [0, 0.05) is 24.9 Å². The number of carbonyl (C=O) groups is 2. The van der Waals surface area contributed by atoms with E-state index in [-0.39, 0.29) is 18.6 Å². The van der Waals surface area contributed by atoms with Gasteiger partial charge in [-0.1, -0.05) is 12.5 Å². The van der Waals surface area contributed by atoms with Crippen LogP contribution in [0.2, 0.25) is 0 Å². The zero-order valence-corrected chi connectivity index (χ0v) is 19.8. The number of likely N-dealkylation sites (tertiary alicyclic amines) is 1. The molecule has 3 rings (SSSR count). The van der Waals surface area contributed by atoms with Crippen molar-refractivity contribution in [3.05, 3.63) is 39.7 Å². The molecule has 1 saturated heterocycles.